The van der Waals surface area contributed by atoms with Gasteiger partial charge in [0.1, 0.15) is 5.75 Å². The first-order chi connectivity index (χ1) is 10.0. The monoisotopic (exact) mass is 348 g/mol. The van der Waals surface area contributed by atoms with Gasteiger partial charge in [0.2, 0.25) is 0 Å². The Kier molecular flexibility index (Phi) is 5.39. The summed E-state index contributed by atoms with van der Waals surface area (Å²) in [6.07, 6.45) is -0.124. The minimum atomic E-state index is -0.359. The van der Waals surface area contributed by atoms with Gasteiger partial charge in [-0.15, -0.1) is 0 Å². The molecule has 0 unspecified atom stereocenters. The van der Waals surface area contributed by atoms with E-state index in [2.05, 4.69) is 15.9 Å². The van der Waals surface area contributed by atoms with Crippen LogP contribution in [0.15, 0.2) is 53.0 Å². The predicted octanol–water partition coefficient (Wildman–Crippen LogP) is 4.45. The molecule has 2 aromatic rings. The smallest absolute Gasteiger partial charge is 0.344 e. The summed E-state index contributed by atoms with van der Waals surface area (Å²) >= 11 is 3.42. The number of esters is 1. The number of hydrogen-bond acceptors (Lipinski definition) is 3. The fourth-order valence-corrected chi connectivity index (χ4v) is 2.09. The van der Waals surface area contributed by atoms with Crippen LogP contribution < -0.4 is 4.74 Å². The fourth-order valence-electron chi connectivity index (χ4n) is 1.83. The van der Waals surface area contributed by atoms with Gasteiger partial charge in [-0.25, -0.2) is 4.79 Å². The fraction of sp³-hybridized carbons (Fsp3) is 0.235. The van der Waals surface area contributed by atoms with Crippen LogP contribution in [0, 0.1) is 0 Å². The summed E-state index contributed by atoms with van der Waals surface area (Å²) < 4.78 is 11.5. The Labute approximate surface area is 133 Å². The molecule has 0 spiro atoms. The van der Waals surface area contributed by atoms with E-state index in [1.807, 2.05) is 62.4 Å². The first-order valence-corrected chi connectivity index (χ1v) is 7.52. The SMILES string of the molecule is CC(C)OC(=O)COc1ccc(-c2ccc(Br)cc2)cc1. The molecule has 0 saturated heterocycles. The molecule has 21 heavy (non-hydrogen) atoms. The quantitative estimate of drug-likeness (QED) is 0.749. The van der Waals surface area contributed by atoms with Gasteiger partial charge in [-0.1, -0.05) is 40.2 Å². The molecule has 3 nitrogen and oxygen atoms in total. The minimum absolute atomic E-state index is 0.0736. The summed E-state index contributed by atoms with van der Waals surface area (Å²) in [5.41, 5.74) is 2.23. The van der Waals surface area contributed by atoms with Crippen LogP contribution in [0.5, 0.6) is 5.75 Å². The lowest BCUT2D eigenvalue weighted by Crippen LogP contribution is -2.18. The van der Waals surface area contributed by atoms with E-state index < -0.39 is 0 Å². The zero-order valence-electron chi connectivity index (χ0n) is 12.0. The van der Waals surface area contributed by atoms with Crippen molar-refractivity contribution in [2.24, 2.45) is 0 Å². The molecule has 0 amide bonds. The minimum Gasteiger partial charge on any atom is -0.482 e. The van der Waals surface area contributed by atoms with Crippen molar-refractivity contribution >= 4 is 21.9 Å². The number of carbonyl (C=O) groups excluding carboxylic acids is 1. The van der Waals surface area contributed by atoms with E-state index in [-0.39, 0.29) is 18.7 Å². The molecular weight excluding hydrogens is 332 g/mol. The van der Waals surface area contributed by atoms with Crippen molar-refractivity contribution in [3.8, 4) is 16.9 Å². The van der Waals surface area contributed by atoms with Gasteiger partial charge in [0.15, 0.2) is 6.61 Å². The highest BCUT2D eigenvalue weighted by molar-refractivity contribution is 9.10. The Bertz CT molecular complexity index is 588. The lowest BCUT2D eigenvalue weighted by Gasteiger charge is -2.09. The van der Waals surface area contributed by atoms with Crippen LogP contribution in [0.25, 0.3) is 11.1 Å². The Morgan fingerprint density at radius 2 is 1.52 bits per heavy atom. The molecule has 0 aromatic heterocycles. The molecule has 0 bridgehead atoms. The van der Waals surface area contributed by atoms with Crippen molar-refractivity contribution in [3.63, 3.8) is 0 Å². The molecular formula is C17H17BrO3. The molecule has 4 heteroatoms. The number of halogens is 1. The van der Waals surface area contributed by atoms with E-state index in [1.165, 1.54) is 0 Å². The third-order valence-electron chi connectivity index (χ3n) is 2.76. The van der Waals surface area contributed by atoms with Gasteiger partial charge in [0, 0.05) is 4.47 Å². The number of benzene rings is 2. The highest BCUT2D eigenvalue weighted by Crippen LogP contribution is 2.24. The van der Waals surface area contributed by atoms with Gasteiger partial charge in [-0.2, -0.15) is 0 Å². The van der Waals surface area contributed by atoms with Crippen molar-refractivity contribution < 1.29 is 14.3 Å². The second-order valence-corrected chi connectivity index (χ2v) is 5.77. The second kappa shape index (κ2) is 7.27. The van der Waals surface area contributed by atoms with Gasteiger partial charge >= 0.3 is 5.97 Å². The van der Waals surface area contributed by atoms with Crippen LogP contribution in [-0.4, -0.2) is 18.7 Å². The molecule has 0 radical (unpaired) electrons. The van der Waals surface area contributed by atoms with Crippen LogP contribution in [0.4, 0.5) is 0 Å². The van der Waals surface area contributed by atoms with Crippen LogP contribution in [0.2, 0.25) is 0 Å². The Morgan fingerprint density at radius 3 is 2.05 bits per heavy atom. The van der Waals surface area contributed by atoms with E-state index in [4.69, 9.17) is 9.47 Å². The van der Waals surface area contributed by atoms with E-state index in [0.29, 0.717) is 5.75 Å². The third-order valence-corrected chi connectivity index (χ3v) is 3.28. The number of rotatable bonds is 5. The summed E-state index contributed by atoms with van der Waals surface area (Å²) in [6.45, 7) is 3.55. The topological polar surface area (TPSA) is 35.5 Å². The molecule has 0 N–H and O–H groups in total. The maximum absolute atomic E-state index is 11.4. The van der Waals surface area contributed by atoms with Crippen LogP contribution >= 0.6 is 15.9 Å². The normalized spacial score (nSPS) is 10.5. The molecule has 2 aromatic carbocycles. The Hall–Kier alpha value is -1.81. The maximum atomic E-state index is 11.4. The standard InChI is InChI=1S/C17H17BrO3/c1-12(2)21-17(19)11-20-16-9-5-14(6-10-16)13-3-7-15(18)8-4-13/h3-10,12H,11H2,1-2H3. The van der Waals surface area contributed by atoms with E-state index in [9.17, 15) is 4.79 Å². The second-order valence-electron chi connectivity index (χ2n) is 4.86. The van der Waals surface area contributed by atoms with Gasteiger partial charge in [-0.3, -0.25) is 0 Å². The van der Waals surface area contributed by atoms with Crippen molar-refractivity contribution in [2.45, 2.75) is 20.0 Å². The molecule has 0 atom stereocenters. The lowest BCUT2D eigenvalue weighted by atomic mass is 10.1. The van der Waals surface area contributed by atoms with Crippen molar-refractivity contribution in [2.75, 3.05) is 6.61 Å². The molecule has 0 saturated carbocycles. The lowest BCUT2D eigenvalue weighted by molar-refractivity contribution is -0.149. The largest absolute Gasteiger partial charge is 0.482 e. The molecule has 0 fully saturated rings. The predicted molar refractivity (Wildman–Crippen MR) is 86.3 cm³/mol. The summed E-state index contributed by atoms with van der Waals surface area (Å²) in [6, 6.07) is 15.7. The van der Waals surface area contributed by atoms with E-state index in [1.54, 1.807) is 0 Å². The van der Waals surface area contributed by atoms with Crippen LogP contribution in [0.1, 0.15) is 13.8 Å². The van der Waals surface area contributed by atoms with Crippen molar-refractivity contribution in [1.82, 2.24) is 0 Å². The molecule has 0 aliphatic rings. The number of carbonyl (C=O) groups is 1. The first-order valence-electron chi connectivity index (χ1n) is 6.73. The molecule has 2 rings (SSSR count). The highest BCUT2D eigenvalue weighted by atomic mass is 79.9. The van der Waals surface area contributed by atoms with E-state index >= 15 is 0 Å². The molecule has 110 valence electrons. The summed E-state index contributed by atoms with van der Waals surface area (Å²) in [4.78, 5) is 11.4. The zero-order valence-corrected chi connectivity index (χ0v) is 13.6. The average molecular weight is 349 g/mol. The van der Waals surface area contributed by atoms with Crippen molar-refractivity contribution in [1.29, 1.82) is 0 Å². The van der Waals surface area contributed by atoms with Gasteiger partial charge in [0.05, 0.1) is 6.10 Å². The van der Waals surface area contributed by atoms with Gasteiger partial charge in [-0.05, 0) is 49.2 Å². The van der Waals surface area contributed by atoms with Crippen molar-refractivity contribution in [3.05, 3.63) is 53.0 Å². The molecule has 0 aliphatic carbocycles. The zero-order chi connectivity index (χ0) is 15.2. The third kappa shape index (κ3) is 4.90. The van der Waals surface area contributed by atoms with Gasteiger partial charge < -0.3 is 9.47 Å². The molecule has 0 heterocycles. The first kappa shape index (κ1) is 15.6. The van der Waals surface area contributed by atoms with Crippen LogP contribution in [0.3, 0.4) is 0 Å². The molecule has 0 aliphatic heterocycles. The maximum Gasteiger partial charge on any atom is 0.344 e. The Balaban J connectivity index is 1.96. The Morgan fingerprint density at radius 1 is 1.00 bits per heavy atom. The van der Waals surface area contributed by atoms with E-state index in [0.717, 1.165) is 15.6 Å². The summed E-state index contributed by atoms with van der Waals surface area (Å²) in [5, 5.41) is 0. The number of hydrogen-bond donors (Lipinski definition) is 0. The summed E-state index contributed by atoms with van der Waals surface area (Å²) in [7, 11) is 0. The number of ether oxygens (including phenoxy) is 2. The summed E-state index contributed by atoms with van der Waals surface area (Å²) in [5.74, 6) is 0.290. The van der Waals surface area contributed by atoms with Gasteiger partial charge in [0.25, 0.3) is 0 Å². The van der Waals surface area contributed by atoms with Crippen LogP contribution in [-0.2, 0) is 9.53 Å². The highest BCUT2D eigenvalue weighted by Gasteiger charge is 2.06. The average Bonchev–Trinajstić information content (AvgIpc) is 2.46.